The summed E-state index contributed by atoms with van der Waals surface area (Å²) in [5, 5.41) is 3.46. The highest BCUT2D eigenvalue weighted by Gasteiger charge is 2.27. The fourth-order valence-electron chi connectivity index (χ4n) is 1.58. The van der Waals surface area contributed by atoms with Crippen LogP contribution in [0.4, 0.5) is 0 Å². The first-order chi connectivity index (χ1) is 8.06. The number of rotatable bonds is 5. The zero-order chi connectivity index (χ0) is 12.9. The zero-order valence-electron chi connectivity index (χ0n) is 10.2. The number of pyridine rings is 1. The third-order valence-electron chi connectivity index (χ3n) is 3.08. The minimum absolute atomic E-state index is 0.212. The lowest BCUT2D eigenvalue weighted by atomic mass is 9.93. The van der Waals surface area contributed by atoms with Crippen LogP contribution in [0.3, 0.4) is 0 Å². The van der Waals surface area contributed by atoms with Crippen molar-refractivity contribution in [3.63, 3.8) is 0 Å². The van der Waals surface area contributed by atoms with Crippen LogP contribution in [0.1, 0.15) is 37.2 Å². The molecule has 0 aliphatic rings. The highest BCUT2D eigenvalue weighted by molar-refractivity contribution is 6.30. The van der Waals surface area contributed by atoms with E-state index in [1.54, 1.807) is 12.1 Å². The predicted molar refractivity (Wildman–Crippen MR) is 69.1 cm³/mol. The molecule has 1 rings (SSSR count). The third kappa shape index (κ3) is 3.41. The SMILES string of the molecule is CCC(CC)(CN)NC(=O)c1ccc(Cl)cn1. The summed E-state index contributed by atoms with van der Waals surface area (Å²) in [6.45, 7) is 4.43. The Morgan fingerprint density at radius 3 is 2.53 bits per heavy atom. The minimum Gasteiger partial charge on any atom is -0.344 e. The maximum absolute atomic E-state index is 12.0. The van der Waals surface area contributed by atoms with Crippen LogP contribution in [0.25, 0.3) is 0 Å². The molecule has 0 unspecified atom stereocenters. The zero-order valence-corrected chi connectivity index (χ0v) is 10.9. The van der Waals surface area contributed by atoms with Gasteiger partial charge in [0.2, 0.25) is 0 Å². The Labute approximate surface area is 107 Å². The lowest BCUT2D eigenvalue weighted by molar-refractivity contribution is 0.0890. The molecular weight excluding hydrogens is 238 g/mol. The van der Waals surface area contributed by atoms with Gasteiger partial charge in [-0.1, -0.05) is 25.4 Å². The molecule has 94 valence electrons. The third-order valence-corrected chi connectivity index (χ3v) is 3.31. The monoisotopic (exact) mass is 255 g/mol. The largest absolute Gasteiger partial charge is 0.344 e. The number of nitrogens with two attached hydrogens (primary N) is 1. The van der Waals surface area contributed by atoms with E-state index in [0.717, 1.165) is 12.8 Å². The number of carbonyl (C=O) groups is 1. The number of halogens is 1. The Kier molecular flexibility index (Phi) is 4.90. The van der Waals surface area contributed by atoms with Crippen molar-refractivity contribution < 1.29 is 4.79 Å². The topological polar surface area (TPSA) is 68.0 Å². The van der Waals surface area contributed by atoms with Crippen molar-refractivity contribution in [2.24, 2.45) is 5.73 Å². The smallest absolute Gasteiger partial charge is 0.270 e. The van der Waals surface area contributed by atoms with Crippen LogP contribution >= 0.6 is 11.6 Å². The van der Waals surface area contributed by atoms with E-state index in [0.29, 0.717) is 17.3 Å². The number of nitrogens with one attached hydrogen (secondary N) is 1. The molecule has 1 aromatic rings. The minimum atomic E-state index is -0.349. The average Bonchev–Trinajstić information content (AvgIpc) is 2.37. The van der Waals surface area contributed by atoms with Crippen LogP contribution in [0, 0.1) is 0 Å². The Balaban J connectivity index is 2.81. The van der Waals surface area contributed by atoms with Crippen LogP contribution in [0.2, 0.25) is 5.02 Å². The molecular formula is C12H18ClN3O. The van der Waals surface area contributed by atoms with Gasteiger partial charge in [0.15, 0.2) is 0 Å². The van der Waals surface area contributed by atoms with Crippen molar-refractivity contribution in [1.29, 1.82) is 0 Å². The molecule has 1 aromatic heterocycles. The molecule has 0 aliphatic heterocycles. The summed E-state index contributed by atoms with van der Waals surface area (Å²) in [5.41, 5.74) is 5.73. The Bertz CT molecular complexity index is 366. The van der Waals surface area contributed by atoms with E-state index in [-0.39, 0.29) is 11.4 Å². The normalized spacial score (nSPS) is 11.3. The second-order valence-electron chi connectivity index (χ2n) is 4.01. The number of hydrogen-bond donors (Lipinski definition) is 2. The number of amides is 1. The van der Waals surface area contributed by atoms with Gasteiger partial charge in [0.05, 0.1) is 10.6 Å². The summed E-state index contributed by atoms with van der Waals surface area (Å²) in [5.74, 6) is -0.212. The highest BCUT2D eigenvalue weighted by Crippen LogP contribution is 2.14. The van der Waals surface area contributed by atoms with E-state index in [4.69, 9.17) is 17.3 Å². The van der Waals surface area contributed by atoms with Gasteiger partial charge < -0.3 is 11.1 Å². The lowest BCUT2D eigenvalue weighted by Crippen LogP contribution is -2.53. The van der Waals surface area contributed by atoms with Crippen LogP contribution in [0.15, 0.2) is 18.3 Å². The molecule has 0 aliphatic carbocycles. The lowest BCUT2D eigenvalue weighted by Gasteiger charge is -2.31. The van der Waals surface area contributed by atoms with Gasteiger partial charge in [0, 0.05) is 12.7 Å². The number of hydrogen-bond acceptors (Lipinski definition) is 3. The van der Waals surface area contributed by atoms with Gasteiger partial charge >= 0.3 is 0 Å². The molecule has 0 saturated carbocycles. The van der Waals surface area contributed by atoms with E-state index >= 15 is 0 Å². The van der Waals surface area contributed by atoms with Crippen molar-refractivity contribution in [2.45, 2.75) is 32.2 Å². The van der Waals surface area contributed by atoms with Crippen LogP contribution in [0.5, 0.6) is 0 Å². The molecule has 0 aromatic carbocycles. The maximum atomic E-state index is 12.0. The molecule has 0 spiro atoms. The van der Waals surface area contributed by atoms with Crippen LogP contribution in [-0.4, -0.2) is 23.0 Å². The molecule has 1 heterocycles. The van der Waals surface area contributed by atoms with Crippen molar-refractivity contribution in [3.8, 4) is 0 Å². The summed E-state index contributed by atoms with van der Waals surface area (Å²) in [7, 11) is 0. The summed E-state index contributed by atoms with van der Waals surface area (Å²) in [4.78, 5) is 16.0. The molecule has 0 saturated heterocycles. The molecule has 3 N–H and O–H groups in total. The second kappa shape index (κ2) is 5.98. The van der Waals surface area contributed by atoms with E-state index < -0.39 is 0 Å². The fourth-order valence-corrected chi connectivity index (χ4v) is 1.69. The predicted octanol–water partition coefficient (Wildman–Crippen LogP) is 1.98. The average molecular weight is 256 g/mol. The van der Waals surface area contributed by atoms with E-state index in [9.17, 15) is 4.79 Å². The van der Waals surface area contributed by atoms with Gasteiger partial charge in [-0.05, 0) is 25.0 Å². The van der Waals surface area contributed by atoms with Gasteiger partial charge in [0.25, 0.3) is 5.91 Å². The number of aromatic nitrogens is 1. The van der Waals surface area contributed by atoms with Crippen molar-refractivity contribution in [2.75, 3.05) is 6.54 Å². The summed E-state index contributed by atoms with van der Waals surface area (Å²) in [6.07, 6.45) is 3.04. The Hall–Kier alpha value is -1.13. The number of nitrogens with zero attached hydrogens (tertiary/aromatic N) is 1. The molecule has 0 radical (unpaired) electrons. The highest BCUT2D eigenvalue weighted by atomic mass is 35.5. The molecule has 0 atom stereocenters. The fraction of sp³-hybridized carbons (Fsp3) is 0.500. The van der Waals surface area contributed by atoms with Gasteiger partial charge in [-0.3, -0.25) is 4.79 Å². The van der Waals surface area contributed by atoms with Crippen LogP contribution < -0.4 is 11.1 Å². The number of carbonyl (C=O) groups excluding carboxylic acids is 1. The first-order valence-electron chi connectivity index (χ1n) is 5.71. The van der Waals surface area contributed by atoms with Crippen molar-refractivity contribution in [3.05, 3.63) is 29.0 Å². The molecule has 0 fully saturated rings. The summed E-state index contributed by atoms with van der Waals surface area (Å²) >= 11 is 5.72. The van der Waals surface area contributed by atoms with Gasteiger partial charge in [0.1, 0.15) is 5.69 Å². The van der Waals surface area contributed by atoms with E-state index in [1.807, 2.05) is 13.8 Å². The summed E-state index contributed by atoms with van der Waals surface area (Å²) in [6, 6.07) is 3.25. The second-order valence-corrected chi connectivity index (χ2v) is 4.44. The Morgan fingerprint density at radius 1 is 1.47 bits per heavy atom. The van der Waals surface area contributed by atoms with Gasteiger partial charge in [-0.25, -0.2) is 4.98 Å². The standard InChI is InChI=1S/C12H18ClN3O/c1-3-12(4-2,8-14)16-11(17)10-6-5-9(13)7-15-10/h5-7H,3-4,8,14H2,1-2H3,(H,16,17). The first-order valence-corrected chi connectivity index (χ1v) is 6.09. The Morgan fingerprint density at radius 2 is 2.12 bits per heavy atom. The van der Waals surface area contributed by atoms with Gasteiger partial charge in [-0.2, -0.15) is 0 Å². The molecule has 17 heavy (non-hydrogen) atoms. The van der Waals surface area contributed by atoms with E-state index in [1.165, 1.54) is 6.20 Å². The quantitative estimate of drug-likeness (QED) is 0.845. The molecule has 4 nitrogen and oxygen atoms in total. The first kappa shape index (κ1) is 13.9. The van der Waals surface area contributed by atoms with Crippen LogP contribution in [-0.2, 0) is 0 Å². The molecule has 5 heteroatoms. The van der Waals surface area contributed by atoms with Crippen molar-refractivity contribution in [1.82, 2.24) is 10.3 Å². The maximum Gasteiger partial charge on any atom is 0.270 e. The molecule has 0 bridgehead atoms. The van der Waals surface area contributed by atoms with E-state index in [2.05, 4.69) is 10.3 Å². The van der Waals surface area contributed by atoms with Gasteiger partial charge in [-0.15, -0.1) is 0 Å². The van der Waals surface area contributed by atoms with Crippen molar-refractivity contribution >= 4 is 17.5 Å². The summed E-state index contributed by atoms with van der Waals surface area (Å²) < 4.78 is 0. The molecule has 1 amide bonds.